The molecule has 17 heavy (non-hydrogen) atoms. The van der Waals surface area contributed by atoms with E-state index in [-0.39, 0.29) is 0 Å². The molecule has 94 valence electrons. The molecule has 0 aliphatic carbocycles. The van der Waals surface area contributed by atoms with Gasteiger partial charge in [-0.1, -0.05) is 6.92 Å². The van der Waals surface area contributed by atoms with E-state index in [2.05, 4.69) is 21.2 Å². The Morgan fingerprint density at radius 3 is 2.82 bits per heavy atom. The molecule has 1 aromatic rings. The van der Waals surface area contributed by atoms with Crippen molar-refractivity contribution in [1.82, 2.24) is 9.88 Å². The number of hydrogen-bond acceptors (Lipinski definition) is 4. The zero-order valence-electron chi connectivity index (χ0n) is 9.48. The van der Waals surface area contributed by atoms with Crippen LogP contribution in [0.4, 0.5) is 5.69 Å². The van der Waals surface area contributed by atoms with Crippen molar-refractivity contribution in [1.29, 1.82) is 0 Å². The summed E-state index contributed by atoms with van der Waals surface area (Å²) in [4.78, 5) is 21.7. The van der Waals surface area contributed by atoms with Crippen LogP contribution in [0.2, 0.25) is 0 Å². The van der Waals surface area contributed by atoms with Crippen LogP contribution in [-0.2, 0) is 6.54 Å². The van der Waals surface area contributed by atoms with Gasteiger partial charge in [-0.15, -0.1) is 0 Å². The molecule has 1 heterocycles. The normalized spacial score (nSPS) is 10.5. The van der Waals surface area contributed by atoms with Gasteiger partial charge < -0.3 is 9.88 Å². The van der Waals surface area contributed by atoms with E-state index in [1.807, 2.05) is 6.92 Å². The largest absolute Gasteiger partial charge is 0.335 e. The minimum Gasteiger partial charge on any atom is -0.315 e. The van der Waals surface area contributed by atoms with Crippen molar-refractivity contribution >= 4 is 21.6 Å². The summed E-state index contributed by atoms with van der Waals surface area (Å²) in [7, 11) is 0. The number of nitrogens with zero attached hydrogens (tertiary/aromatic N) is 2. The first-order valence-electron chi connectivity index (χ1n) is 5.31. The quantitative estimate of drug-likeness (QED) is 0.491. The lowest BCUT2D eigenvalue weighted by molar-refractivity contribution is -0.386. The summed E-state index contributed by atoms with van der Waals surface area (Å²) in [5.41, 5.74) is -0.980. The summed E-state index contributed by atoms with van der Waals surface area (Å²) >= 11 is 3.15. The minimum atomic E-state index is -0.664. The van der Waals surface area contributed by atoms with Crippen molar-refractivity contribution in [2.24, 2.45) is 0 Å². The van der Waals surface area contributed by atoms with E-state index in [4.69, 9.17) is 0 Å². The van der Waals surface area contributed by atoms with Gasteiger partial charge in [0.25, 0.3) is 0 Å². The minimum absolute atomic E-state index is 0.408. The van der Waals surface area contributed by atoms with Crippen molar-refractivity contribution in [3.63, 3.8) is 0 Å². The topological polar surface area (TPSA) is 77.2 Å². The molecule has 0 unspecified atom stereocenters. The molecule has 0 fully saturated rings. The monoisotopic (exact) mass is 303 g/mol. The van der Waals surface area contributed by atoms with Gasteiger partial charge in [0.2, 0.25) is 0 Å². The molecule has 1 rings (SSSR count). The first-order chi connectivity index (χ1) is 8.06. The Morgan fingerprint density at radius 1 is 1.53 bits per heavy atom. The van der Waals surface area contributed by atoms with Gasteiger partial charge in [0.1, 0.15) is 0 Å². The van der Waals surface area contributed by atoms with Gasteiger partial charge in [-0.25, -0.2) is 0 Å². The fraction of sp³-hybridized carbons (Fsp3) is 0.500. The number of hydrogen-bond donors (Lipinski definition) is 1. The summed E-state index contributed by atoms with van der Waals surface area (Å²) in [6.45, 7) is 3.94. The smallest absolute Gasteiger partial charge is 0.315 e. The summed E-state index contributed by atoms with van der Waals surface area (Å²) < 4.78 is 1.87. The Kier molecular flexibility index (Phi) is 5.30. The maximum atomic E-state index is 11.7. The van der Waals surface area contributed by atoms with Crippen molar-refractivity contribution in [2.45, 2.75) is 19.9 Å². The van der Waals surface area contributed by atoms with E-state index in [1.165, 1.54) is 10.6 Å². The third-order valence-electron chi connectivity index (χ3n) is 2.19. The summed E-state index contributed by atoms with van der Waals surface area (Å²) in [5, 5.41) is 13.8. The van der Waals surface area contributed by atoms with Crippen molar-refractivity contribution in [3.8, 4) is 0 Å². The number of aromatic nitrogens is 1. The zero-order chi connectivity index (χ0) is 12.8. The first-order valence-corrected chi connectivity index (χ1v) is 6.10. The van der Waals surface area contributed by atoms with E-state index in [0.717, 1.165) is 13.0 Å². The van der Waals surface area contributed by atoms with E-state index in [0.29, 0.717) is 17.6 Å². The Hall–Kier alpha value is -1.21. The predicted molar refractivity (Wildman–Crippen MR) is 68.2 cm³/mol. The van der Waals surface area contributed by atoms with Gasteiger partial charge in [-0.05, 0) is 28.9 Å². The third-order valence-corrected chi connectivity index (χ3v) is 2.62. The average molecular weight is 304 g/mol. The Balaban J connectivity index is 2.85. The molecule has 0 aromatic carbocycles. The molecule has 1 N–H and O–H groups in total. The summed E-state index contributed by atoms with van der Waals surface area (Å²) in [6.07, 6.45) is 2.57. The van der Waals surface area contributed by atoms with Crippen LogP contribution in [0.5, 0.6) is 0 Å². The van der Waals surface area contributed by atoms with Crippen LogP contribution in [0.3, 0.4) is 0 Å². The highest BCUT2D eigenvalue weighted by Gasteiger charge is 2.15. The molecule has 0 saturated heterocycles. The van der Waals surface area contributed by atoms with Crippen LogP contribution < -0.4 is 10.9 Å². The van der Waals surface area contributed by atoms with Crippen LogP contribution in [0.1, 0.15) is 13.3 Å². The molecule has 0 atom stereocenters. The third kappa shape index (κ3) is 3.94. The Morgan fingerprint density at radius 2 is 2.24 bits per heavy atom. The lowest BCUT2D eigenvalue weighted by Gasteiger charge is -2.07. The van der Waals surface area contributed by atoms with Gasteiger partial charge in [0.15, 0.2) is 0 Å². The van der Waals surface area contributed by atoms with E-state index in [1.54, 1.807) is 6.20 Å². The van der Waals surface area contributed by atoms with E-state index in [9.17, 15) is 14.9 Å². The van der Waals surface area contributed by atoms with Gasteiger partial charge >= 0.3 is 11.2 Å². The van der Waals surface area contributed by atoms with Crippen LogP contribution in [-0.4, -0.2) is 22.6 Å². The second kappa shape index (κ2) is 6.51. The van der Waals surface area contributed by atoms with E-state index < -0.39 is 16.2 Å². The molecular weight excluding hydrogens is 290 g/mol. The fourth-order valence-corrected chi connectivity index (χ4v) is 1.85. The van der Waals surface area contributed by atoms with Crippen LogP contribution in [0.25, 0.3) is 0 Å². The lowest BCUT2D eigenvalue weighted by atomic mass is 10.4. The molecule has 0 aliphatic heterocycles. The van der Waals surface area contributed by atoms with Crippen LogP contribution >= 0.6 is 15.9 Å². The Bertz CT molecular complexity index is 459. The maximum Gasteiger partial charge on any atom is 0.335 e. The average Bonchev–Trinajstić information content (AvgIpc) is 2.28. The van der Waals surface area contributed by atoms with Crippen LogP contribution in [0, 0.1) is 10.1 Å². The Labute approximate surface area is 107 Å². The molecule has 0 amide bonds. The van der Waals surface area contributed by atoms with E-state index >= 15 is 0 Å². The van der Waals surface area contributed by atoms with Crippen molar-refractivity contribution in [3.05, 3.63) is 37.2 Å². The number of pyridine rings is 1. The SMILES string of the molecule is CCCNCCn1cc(Br)cc([N+](=O)[O-])c1=O. The fourth-order valence-electron chi connectivity index (χ4n) is 1.38. The standard InChI is InChI=1S/C10H14BrN3O3/c1-2-3-12-4-5-13-7-8(11)6-9(10(13)15)14(16)17/h6-7,12H,2-5H2,1H3. The van der Waals surface area contributed by atoms with Gasteiger partial charge in [-0.3, -0.25) is 14.9 Å². The van der Waals surface area contributed by atoms with Crippen LogP contribution in [0.15, 0.2) is 21.5 Å². The molecule has 6 nitrogen and oxygen atoms in total. The van der Waals surface area contributed by atoms with Gasteiger partial charge in [-0.2, -0.15) is 0 Å². The number of halogens is 1. The number of rotatable bonds is 6. The molecule has 1 aromatic heterocycles. The summed E-state index contributed by atoms with van der Waals surface area (Å²) in [6, 6.07) is 1.22. The number of nitrogens with one attached hydrogen (secondary N) is 1. The molecule has 0 saturated carbocycles. The van der Waals surface area contributed by atoms with Gasteiger partial charge in [0.05, 0.1) is 4.92 Å². The molecule has 0 bridgehead atoms. The molecule has 0 aliphatic rings. The highest BCUT2D eigenvalue weighted by molar-refractivity contribution is 9.10. The second-order valence-electron chi connectivity index (χ2n) is 3.55. The molecule has 0 spiro atoms. The molecule has 0 radical (unpaired) electrons. The highest BCUT2D eigenvalue weighted by Crippen LogP contribution is 2.13. The van der Waals surface area contributed by atoms with Crippen molar-refractivity contribution < 1.29 is 4.92 Å². The lowest BCUT2D eigenvalue weighted by Crippen LogP contribution is -2.28. The highest BCUT2D eigenvalue weighted by atomic mass is 79.9. The van der Waals surface area contributed by atoms with Gasteiger partial charge in [0, 0.05) is 29.8 Å². The first kappa shape index (κ1) is 13.9. The molecule has 7 heteroatoms. The molecular formula is C10H14BrN3O3. The maximum absolute atomic E-state index is 11.7. The second-order valence-corrected chi connectivity index (χ2v) is 4.46. The number of nitro groups is 1. The zero-order valence-corrected chi connectivity index (χ0v) is 11.1. The summed E-state index contributed by atoms with van der Waals surface area (Å²) in [5.74, 6) is 0. The van der Waals surface area contributed by atoms with Crippen molar-refractivity contribution in [2.75, 3.05) is 13.1 Å². The predicted octanol–water partition coefficient (Wildman–Crippen LogP) is 1.52.